The number of rotatable bonds is 9. The van der Waals surface area contributed by atoms with Crippen molar-refractivity contribution in [1.82, 2.24) is 14.3 Å². The molecule has 0 aliphatic carbocycles. The first-order valence-corrected chi connectivity index (χ1v) is 9.97. The molecule has 0 bridgehead atoms. The fourth-order valence-corrected chi connectivity index (χ4v) is 2.50. The van der Waals surface area contributed by atoms with E-state index in [4.69, 9.17) is 4.74 Å². The van der Waals surface area contributed by atoms with E-state index in [2.05, 4.69) is 5.10 Å². The van der Waals surface area contributed by atoms with Crippen molar-refractivity contribution in [3.8, 4) is 0 Å². The third kappa shape index (κ3) is 6.82. The van der Waals surface area contributed by atoms with Gasteiger partial charge in [0.05, 0.1) is 24.5 Å². The Kier molecular flexibility index (Phi) is 8.95. The van der Waals surface area contributed by atoms with E-state index in [0.29, 0.717) is 18.8 Å². The average molecular weight is 392 g/mol. The topological polar surface area (TPSA) is 69.3 Å². The van der Waals surface area contributed by atoms with Gasteiger partial charge in [-0.3, -0.25) is 4.57 Å². The van der Waals surface area contributed by atoms with Crippen LogP contribution in [0.3, 0.4) is 0 Å². The molecule has 1 aromatic rings. The van der Waals surface area contributed by atoms with Gasteiger partial charge in [0.1, 0.15) is 0 Å². The Morgan fingerprint density at radius 2 is 1.86 bits per heavy atom. The molecular formula is C22H37N3O3. The second kappa shape index (κ2) is 10.5. The number of hydrogen-bond acceptors (Lipinski definition) is 4. The van der Waals surface area contributed by atoms with Gasteiger partial charge >= 0.3 is 5.69 Å². The summed E-state index contributed by atoms with van der Waals surface area (Å²) in [6.45, 7) is 16.2. The Hall–Kier alpha value is -2.08. The summed E-state index contributed by atoms with van der Waals surface area (Å²) in [6.07, 6.45) is 8.00. The first-order valence-electron chi connectivity index (χ1n) is 9.97. The van der Waals surface area contributed by atoms with Gasteiger partial charge in [-0.05, 0) is 51.7 Å². The molecule has 1 atom stereocenters. The van der Waals surface area contributed by atoms with Gasteiger partial charge in [0.25, 0.3) is 0 Å². The Morgan fingerprint density at radius 3 is 2.36 bits per heavy atom. The zero-order valence-corrected chi connectivity index (χ0v) is 18.7. The SMILES string of the molecule is C/C=C(\C/C=C\Cn1c(/C(C)=C/C)nn(CC(O)C(C)(C)C)c1=O)OC(C)C. The maximum Gasteiger partial charge on any atom is 0.346 e. The number of aliphatic hydroxyl groups is 1. The first-order chi connectivity index (χ1) is 13.0. The Bertz CT molecular complexity index is 774. The van der Waals surface area contributed by atoms with Gasteiger partial charge in [-0.2, -0.15) is 0 Å². The molecule has 6 nitrogen and oxygen atoms in total. The van der Waals surface area contributed by atoms with E-state index in [1.807, 2.05) is 79.7 Å². The zero-order valence-electron chi connectivity index (χ0n) is 18.7. The number of ether oxygens (including phenoxy) is 1. The summed E-state index contributed by atoms with van der Waals surface area (Å²) < 4.78 is 8.73. The lowest BCUT2D eigenvalue weighted by molar-refractivity contribution is 0.0440. The predicted molar refractivity (Wildman–Crippen MR) is 115 cm³/mol. The van der Waals surface area contributed by atoms with Gasteiger partial charge in [-0.1, -0.05) is 39.0 Å². The highest BCUT2D eigenvalue weighted by atomic mass is 16.5. The van der Waals surface area contributed by atoms with Crippen molar-refractivity contribution in [3.63, 3.8) is 0 Å². The summed E-state index contributed by atoms with van der Waals surface area (Å²) in [7, 11) is 0. The monoisotopic (exact) mass is 391 g/mol. The van der Waals surface area contributed by atoms with Crippen molar-refractivity contribution in [3.05, 3.63) is 46.4 Å². The summed E-state index contributed by atoms with van der Waals surface area (Å²) in [5.41, 5.74) is 0.388. The van der Waals surface area contributed by atoms with Crippen LogP contribution in [0, 0.1) is 5.41 Å². The number of aliphatic hydroxyl groups excluding tert-OH is 1. The minimum absolute atomic E-state index is 0.138. The van der Waals surface area contributed by atoms with Crippen LogP contribution in [-0.4, -0.2) is 31.7 Å². The molecule has 0 fully saturated rings. The quantitative estimate of drug-likeness (QED) is 0.507. The lowest BCUT2D eigenvalue weighted by atomic mass is 9.89. The van der Waals surface area contributed by atoms with Crippen molar-refractivity contribution >= 4 is 5.57 Å². The zero-order chi connectivity index (χ0) is 21.5. The molecule has 1 heterocycles. The molecule has 158 valence electrons. The summed E-state index contributed by atoms with van der Waals surface area (Å²) in [6, 6.07) is 0. The molecule has 0 radical (unpaired) electrons. The van der Waals surface area contributed by atoms with E-state index in [1.165, 1.54) is 4.68 Å². The molecule has 0 saturated carbocycles. The summed E-state index contributed by atoms with van der Waals surface area (Å²) in [5.74, 6) is 1.54. The Morgan fingerprint density at radius 1 is 1.21 bits per heavy atom. The van der Waals surface area contributed by atoms with Crippen LogP contribution >= 0.6 is 0 Å². The van der Waals surface area contributed by atoms with Crippen LogP contribution in [0.1, 0.15) is 67.6 Å². The smallest absolute Gasteiger partial charge is 0.346 e. The fourth-order valence-electron chi connectivity index (χ4n) is 2.50. The molecule has 1 unspecified atom stereocenters. The van der Waals surface area contributed by atoms with Crippen LogP contribution in [0.2, 0.25) is 0 Å². The van der Waals surface area contributed by atoms with Crippen LogP contribution in [0.25, 0.3) is 5.57 Å². The average Bonchev–Trinajstić information content (AvgIpc) is 2.91. The van der Waals surface area contributed by atoms with Crippen molar-refractivity contribution in [2.45, 2.75) is 87.1 Å². The van der Waals surface area contributed by atoms with Crippen molar-refractivity contribution in [2.75, 3.05) is 0 Å². The third-order valence-corrected chi connectivity index (χ3v) is 4.54. The van der Waals surface area contributed by atoms with E-state index in [0.717, 1.165) is 11.3 Å². The second-order valence-electron chi connectivity index (χ2n) is 8.35. The standard InChI is InChI=1S/C22H37N3O3/c1-9-17(5)20-23-25(15-19(26)22(6,7)8)21(27)24(20)14-12-11-13-18(10-2)28-16(3)4/h9-12,16,19,26H,13-15H2,1-8H3/b12-11-,17-9+,18-10+. The number of nitrogens with zero attached hydrogens (tertiary/aromatic N) is 3. The molecule has 1 rings (SSSR count). The molecule has 1 aromatic heterocycles. The Balaban J connectivity index is 3.04. The largest absolute Gasteiger partial charge is 0.495 e. The summed E-state index contributed by atoms with van der Waals surface area (Å²) >= 11 is 0. The van der Waals surface area contributed by atoms with Gasteiger partial charge in [0.2, 0.25) is 0 Å². The molecule has 0 amide bonds. The molecular weight excluding hydrogens is 354 g/mol. The Labute approximate surface area is 169 Å². The van der Waals surface area contributed by atoms with Crippen LogP contribution in [0.15, 0.2) is 34.9 Å². The van der Waals surface area contributed by atoms with Crippen LogP contribution in [0.5, 0.6) is 0 Å². The summed E-state index contributed by atoms with van der Waals surface area (Å²) in [5, 5.41) is 14.8. The number of aromatic nitrogens is 3. The highest BCUT2D eigenvalue weighted by Crippen LogP contribution is 2.20. The molecule has 0 aliphatic rings. The third-order valence-electron chi connectivity index (χ3n) is 4.54. The van der Waals surface area contributed by atoms with Gasteiger partial charge in [-0.25, -0.2) is 9.48 Å². The van der Waals surface area contributed by atoms with Gasteiger partial charge in [-0.15, -0.1) is 5.10 Å². The second-order valence-corrected chi connectivity index (χ2v) is 8.35. The molecule has 0 saturated heterocycles. The van der Waals surface area contributed by atoms with Gasteiger partial charge in [0, 0.05) is 13.0 Å². The van der Waals surface area contributed by atoms with E-state index < -0.39 is 6.10 Å². The molecule has 28 heavy (non-hydrogen) atoms. The lowest BCUT2D eigenvalue weighted by Gasteiger charge is -2.25. The predicted octanol–water partition coefficient (Wildman–Crippen LogP) is 4.15. The maximum absolute atomic E-state index is 12.9. The molecule has 6 heteroatoms. The van der Waals surface area contributed by atoms with Gasteiger partial charge < -0.3 is 9.84 Å². The first kappa shape index (κ1) is 24.0. The van der Waals surface area contributed by atoms with E-state index in [9.17, 15) is 9.90 Å². The highest BCUT2D eigenvalue weighted by molar-refractivity contribution is 5.56. The summed E-state index contributed by atoms with van der Waals surface area (Å²) in [4.78, 5) is 12.9. The van der Waals surface area contributed by atoms with Crippen LogP contribution in [-0.2, 0) is 17.8 Å². The fraction of sp³-hybridized carbons (Fsp3) is 0.636. The van der Waals surface area contributed by atoms with Crippen LogP contribution < -0.4 is 5.69 Å². The van der Waals surface area contributed by atoms with Crippen LogP contribution in [0.4, 0.5) is 0 Å². The maximum atomic E-state index is 12.9. The minimum atomic E-state index is -0.659. The van der Waals surface area contributed by atoms with Crippen molar-refractivity contribution in [2.24, 2.45) is 5.41 Å². The molecule has 0 aliphatic heterocycles. The molecule has 0 aromatic carbocycles. The van der Waals surface area contributed by atoms with E-state index >= 15 is 0 Å². The normalized spacial score (nSPS) is 14.9. The lowest BCUT2D eigenvalue weighted by Crippen LogP contribution is -2.35. The molecule has 1 N–H and O–H groups in total. The van der Waals surface area contributed by atoms with Crippen molar-refractivity contribution < 1.29 is 9.84 Å². The van der Waals surface area contributed by atoms with E-state index in [1.54, 1.807) is 4.57 Å². The molecule has 0 spiro atoms. The highest BCUT2D eigenvalue weighted by Gasteiger charge is 2.25. The number of allylic oxidation sites excluding steroid dienone is 5. The number of hydrogen-bond donors (Lipinski definition) is 1. The minimum Gasteiger partial charge on any atom is -0.495 e. The van der Waals surface area contributed by atoms with Gasteiger partial charge in [0.15, 0.2) is 5.82 Å². The van der Waals surface area contributed by atoms with Crippen molar-refractivity contribution in [1.29, 1.82) is 0 Å². The van der Waals surface area contributed by atoms with E-state index in [-0.39, 0.29) is 23.8 Å².